The molecule has 2 radical (unpaired) electrons. The molecule has 4 unspecified atom stereocenters. The highest BCUT2D eigenvalue weighted by Gasteiger charge is 2.44. The number of hydrogen-bond donors (Lipinski definition) is 0. The molecule has 1 fully saturated rings. The highest BCUT2D eigenvalue weighted by molar-refractivity contribution is 6.11. The second-order valence-corrected chi connectivity index (χ2v) is 4.23. The van der Waals surface area contributed by atoms with Gasteiger partial charge in [0.15, 0.2) is 12.3 Å². The van der Waals surface area contributed by atoms with Crippen molar-refractivity contribution >= 4 is 13.8 Å². The van der Waals surface area contributed by atoms with Crippen molar-refractivity contribution in [1.29, 1.82) is 0 Å². The highest BCUT2D eigenvalue weighted by atomic mass is 19.1. The minimum atomic E-state index is -1.48. The predicted octanol–water partition coefficient (Wildman–Crippen LogP) is 1.85. The summed E-state index contributed by atoms with van der Waals surface area (Å²) in [6.07, 6.45) is -2.36. The van der Waals surface area contributed by atoms with Crippen LogP contribution in [0.3, 0.4) is 0 Å². The van der Waals surface area contributed by atoms with Crippen LogP contribution in [-0.2, 0) is 9.47 Å². The number of halogens is 1. The van der Waals surface area contributed by atoms with Crippen LogP contribution >= 0.6 is 0 Å². The molecule has 1 aliphatic rings. The van der Waals surface area contributed by atoms with Crippen LogP contribution in [-0.4, -0.2) is 38.2 Å². The van der Waals surface area contributed by atoms with Crippen molar-refractivity contribution in [3.63, 3.8) is 0 Å². The molecule has 1 aromatic carbocycles. The van der Waals surface area contributed by atoms with Crippen LogP contribution in [0.15, 0.2) is 30.3 Å². The van der Waals surface area contributed by atoms with Gasteiger partial charge in [-0.25, -0.2) is 9.18 Å². The number of ether oxygens (including phenoxy) is 2. The number of rotatable bonds is 3. The van der Waals surface area contributed by atoms with E-state index in [4.69, 9.17) is 17.3 Å². The van der Waals surface area contributed by atoms with Crippen molar-refractivity contribution in [2.24, 2.45) is 0 Å². The van der Waals surface area contributed by atoms with Crippen LogP contribution < -0.4 is 0 Å². The molecule has 1 aliphatic heterocycles. The first-order valence-corrected chi connectivity index (χ1v) is 5.94. The molecule has 0 saturated carbocycles. The van der Waals surface area contributed by atoms with Gasteiger partial charge >= 0.3 is 5.97 Å². The summed E-state index contributed by atoms with van der Waals surface area (Å²) >= 11 is 0. The zero-order chi connectivity index (χ0) is 13.1. The van der Waals surface area contributed by atoms with Crippen molar-refractivity contribution < 1.29 is 18.7 Å². The summed E-state index contributed by atoms with van der Waals surface area (Å²) < 4.78 is 24.1. The molecule has 0 spiro atoms. The van der Waals surface area contributed by atoms with E-state index in [1.807, 2.05) is 6.92 Å². The van der Waals surface area contributed by atoms with Crippen molar-refractivity contribution in [3.8, 4) is 0 Å². The lowest BCUT2D eigenvalue weighted by molar-refractivity contribution is -0.00949. The first kappa shape index (κ1) is 13.1. The lowest BCUT2D eigenvalue weighted by Gasteiger charge is -2.18. The normalized spacial score (nSPS) is 31.2. The molecule has 0 aromatic heterocycles. The summed E-state index contributed by atoms with van der Waals surface area (Å²) in [5, 5.41) is 0. The second-order valence-electron chi connectivity index (χ2n) is 4.23. The maximum Gasteiger partial charge on any atom is 0.338 e. The maximum absolute atomic E-state index is 13.8. The molecule has 5 heteroatoms. The van der Waals surface area contributed by atoms with Crippen molar-refractivity contribution in [1.82, 2.24) is 0 Å². The van der Waals surface area contributed by atoms with E-state index in [1.54, 1.807) is 30.3 Å². The minimum Gasteiger partial charge on any atom is -0.453 e. The molecule has 0 bridgehead atoms. The third-order valence-corrected chi connectivity index (χ3v) is 2.98. The Balaban J connectivity index is 2.06. The molecule has 1 aromatic rings. The molecule has 3 nitrogen and oxygen atoms in total. The van der Waals surface area contributed by atoms with Gasteiger partial charge in [-0.3, -0.25) is 0 Å². The summed E-state index contributed by atoms with van der Waals surface area (Å²) in [5.74, 6) is -0.556. The van der Waals surface area contributed by atoms with E-state index in [9.17, 15) is 9.18 Å². The third kappa shape index (κ3) is 2.56. The molecule has 1 heterocycles. The van der Waals surface area contributed by atoms with E-state index >= 15 is 0 Å². The van der Waals surface area contributed by atoms with Crippen LogP contribution in [0.1, 0.15) is 23.7 Å². The second kappa shape index (κ2) is 5.52. The Kier molecular flexibility index (Phi) is 4.02. The summed E-state index contributed by atoms with van der Waals surface area (Å²) in [5.41, 5.74) is 0.389. The van der Waals surface area contributed by atoms with Gasteiger partial charge in [0.1, 0.15) is 7.85 Å². The lowest BCUT2D eigenvalue weighted by atomic mass is 9.94. The van der Waals surface area contributed by atoms with E-state index in [-0.39, 0.29) is 0 Å². The summed E-state index contributed by atoms with van der Waals surface area (Å²) in [6, 6.07) is 7.44. The molecular weight excluding hydrogens is 234 g/mol. The van der Waals surface area contributed by atoms with Gasteiger partial charge in [-0.15, -0.1) is 0 Å². The number of esters is 1. The van der Waals surface area contributed by atoms with Gasteiger partial charge in [0.25, 0.3) is 0 Å². The number of hydrogen-bond acceptors (Lipinski definition) is 3. The average molecular weight is 248 g/mol. The lowest BCUT2D eigenvalue weighted by Crippen LogP contribution is -2.34. The monoisotopic (exact) mass is 248 g/mol. The van der Waals surface area contributed by atoms with Crippen molar-refractivity contribution in [3.05, 3.63) is 35.9 Å². The first-order valence-electron chi connectivity index (χ1n) is 5.94. The van der Waals surface area contributed by atoms with Crippen molar-refractivity contribution in [2.75, 3.05) is 0 Å². The topological polar surface area (TPSA) is 35.5 Å². The maximum atomic E-state index is 13.8. The Morgan fingerprint density at radius 2 is 2.11 bits per heavy atom. The van der Waals surface area contributed by atoms with Gasteiger partial charge in [-0.05, 0) is 18.6 Å². The van der Waals surface area contributed by atoms with Gasteiger partial charge in [0.2, 0.25) is 0 Å². The Morgan fingerprint density at radius 1 is 1.44 bits per heavy atom. The molecule has 0 N–H and O–H groups in total. The zero-order valence-electron chi connectivity index (χ0n) is 10.1. The number of carbonyl (C=O) groups excluding carboxylic acids is 1. The fourth-order valence-electron chi connectivity index (χ4n) is 1.98. The molecule has 0 aliphatic carbocycles. The summed E-state index contributed by atoms with van der Waals surface area (Å²) in [4.78, 5) is 11.8. The fraction of sp³-hybridized carbons (Fsp3) is 0.462. The van der Waals surface area contributed by atoms with Crippen LogP contribution in [0.5, 0.6) is 0 Å². The van der Waals surface area contributed by atoms with Crippen LogP contribution in [0.2, 0.25) is 0 Å². The Morgan fingerprint density at radius 3 is 2.72 bits per heavy atom. The fourth-order valence-corrected chi connectivity index (χ4v) is 1.98. The Bertz CT molecular complexity index is 412. The summed E-state index contributed by atoms with van der Waals surface area (Å²) in [7, 11) is 5.46. The van der Waals surface area contributed by atoms with E-state index < -0.39 is 30.4 Å². The first-order chi connectivity index (χ1) is 8.63. The summed E-state index contributed by atoms with van der Waals surface area (Å²) in [6.45, 7) is 1.83. The highest BCUT2D eigenvalue weighted by Crippen LogP contribution is 2.27. The van der Waals surface area contributed by atoms with Gasteiger partial charge in [0.05, 0.1) is 17.7 Å². The van der Waals surface area contributed by atoms with Crippen LogP contribution in [0.25, 0.3) is 0 Å². The Labute approximate surface area is 107 Å². The molecule has 4 atom stereocenters. The van der Waals surface area contributed by atoms with Crippen LogP contribution in [0, 0.1) is 0 Å². The number of carbonyl (C=O) groups is 1. The minimum absolute atomic E-state index is 0.389. The molecule has 18 heavy (non-hydrogen) atoms. The van der Waals surface area contributed by atoms with E-state index in [2.05, 4.69) is 0 Å². The average Bonchev–Trinajstić information content (AvgIpc) is 2.67. The standard InChI is InChI=1S/C13H14BFO3/c1-2-9-11(10(15)12(14)17-9)18-13(16)8-6-4-3-5-7-8/h3-7,9-12H,2H2,1H3. The molecule has 94 valence electrons. The predicted molar refractivity (Wildman–Crippen MR) is 65.2 cm³/mol. The third-order valence-electron chi connectivity index (χ3n) is 2.98. The van der Waals surface area contributed by atoms with Crippen molar-refractivity contribution in [2.45, 2.75) is 37.7 Å². The zero-order valence-corrected chi connectivity index (χ0v) is 10.1. The molecule has 0 amide bonds. The molecular formula is C13H14BFO3. The smallest absolute Gasteiger partial charge is 0.338 e. The van der Waals surface area contributed by atoms with Gasteiger partial charge < -0.3 is 9.47 Å². The number of alkyl halides is 1. The van der Waals surface area contributed by atoms with Gasteiger partial charge in [-0.2, -0.15) is 0 Å². The Hall–Kier alpha value is -1.36. The molecule has 1 saturated heterocycles. The SMILES string of the molecule is [B]C1OC(CC)C(OC(=O)c2ccccc2)C1F. The largest absolute Gasteiger partial charge is 0.453 e. The van der Waals surface area contributed by atoms with E-state index in [1.165, 1.54) is 0 Å². The van der Waals surface area contributed by atoms with Gasteiger partial charge in [-0.1, -0.05) is 25.1 Å². The quantitative estimate of drug-likeness (QED) is 0.605. The molecule has 2 rings (SSSR count). The van der Waals surface area contributed by atoms with E-state index in [0.29, 0.717) is 12.0 Å². The van der Waals surface area contributed by atoms with Gasteiger partial charge in [0, 0.05) is 0 Å². The van der Waals surface area contributed by atoms with Crippen LogP contribution in [0.4, 0.5) is 4.39 Å². The van der Waals surface area contributed by atoms with E-state index in [0.717, 1.165) is 0 Å². The number of benzene rings is 1.